The Labute approximate surface area is 238 Å². The molecule has 4 rings (SSSR count). The largest absolute Gasteiger partial charge is 0.462 e. The molecule has 0 amide bonds. The molecule has 5 atom stereocenters. The van der Waals surface area contributed by atoms with Crippen LogP contribution >= 0.6 is 29.8 Å². The van der Waals surface area contributed by atoms with Gasteiger partial charge in [-0.3, -0.25) is 19.1 Å². The number of aliphatic hydroxyl groups excluding tert-OH is 1. The van der Waals surface area contributed by atoms with Gasteiger partial charge in [-0.2, -0.15) is 4.98 Å². The Hall–Kier alpha value is -2.29. The average molecular weight is 621 g/mol. The molecule has 13 nitrogen and oxygen atoms in total. The minimum atomic E-state index is -3.44. The van der Waals surface area contributed by atoms with Crippen LogP contribution in [0.3, 0.4) is 0 Å². The van der Waals surface area contributed by atoms with Crippen LogP contribution in [0.1, 0.15) is 27.0 Å². The van der Waals surface area contributed by atoms with Crippen molar-refractivity contribution < 1.29 is 28.4 Å². The van der Waals surface area contributed by atoms with Gasteiger partial charge in [-0.25, -0.2) is 10.1 Å². The van der Waals surface area contributed by atoms with Crippen molar-refractivity contribution in [3.63, 3.8) is 0 Å². The number of nitrogens with two attached hydrogens (primary N) is 1. The van der Waals surface area contributed by atoms with Gasteiger partial charge in [0.05, 0.1) is 19.0 Å². The van der Waals surface area contributed by atoms with Gasteiger partial charge in [-0.05, 0) is 44.7 Å². The quantitative estimate of drug-likeness (QED) is 0.148. The van der Waals surface area contributed by atoms with E-state index < -0.39 is 47.0 Å². The van der Waals surface area contributed by atoms with Gasteiger partial charge in [0, 0.05) is 0 Å². The number of fused-ring (bicyclic) bond motifs is 1. The number of aromatic amines is 1. The predicted octanol–water partition coefficient (Wildman–Crippen LogP) is 2.38. The molecule has 0 radical (unpaired) electrons. The molecule has 0 aliphatic carbocycles. The Bertz CT molecular complexity index is 1440. The van der Waals surface area contributed by atoms with Crippen LogP contribution in [0.4, 0.5) is 5.95 Å². The van der Waals surface area contributed by atoms with Crippen LogP contribution in [0.2, 0.25) is 0 Å². The second-order valence-corrected chi connectivity index (χ2v) is 13.5. The van der Waals surface area contributed by atoms with Crippen molar-refractivity contribution in [2.45, 2.75) is 55.7 Å². The Balaban J connectivity index is 1.56. The summed E-state index contributed by atoms with van der Waals surface area (Å²) in [6, 6.07) is 7.76. The van der Waals surface area contributed by atoms with Crippen LogP contribution in [0.15, 0.2) is 41.5 Å². The topological polar surface area (TPSA) is 176 Å². The highest BCUT2D eigenvalue weighted by Gasteiger charge is 2.56. The van der Waals surface area contributed by atoms with Gasteiger partial charge in [-0.15, -0.1) is 0 Å². The fourth-order valence-electron chi connectivity index (χ4n) is 3.73. The number of carbonyl (C=O) groups is 1. The van der Waals surface area contributed by atoms with Crippen molar-refractivity contribution in [2.75, 3.05) is 12.3 Å². The summed E-state index contributed by atoms with van der Waals surface area (Å²) in [5.41, 5.74) is 5.13. The normalized spacial score (nSPS) is 23.0. The Morgan fingerprint density at radius 1 is 1.36 bits per heavy atom. The van der Waals surface area contributed by atoms with E-state index in [1.165, 1.54) is 10.9 Å². The number of benzene rings is 1. The molecule has 1 aliphatic rings. The first-order valence-corrected chi connectivity index (χ1v) is 15.1. The van der Waals surface area contributed by atoms with Crippen molar-refractivity contribution in [2.24, 2.45) is 0 Å². The number of hydrogen-bond donors (Lipinski definition) is 4. The standard InChI is InChI=1S/C22H27Cl2N6O7PS/c1-11(2)35-19(33)12(3)29-38(39,37-13-7-5-4-6-8-13)34-9-14-16(31)22(23,24)20(36-14)30-10-26-15-17(30)27-21(25)28-18(15)32/h4-8,10-12,14,16,20,31H,9H2,1-3H3,(H,29,39)(H3,25,27,28,32). The van der Waals surface area contributed by atoms with Crippen molar-refractivity contribution >= 4 is 64.7 Å². The van der Waals surface area contributed by atoms with E-state index in [2.05, 4.69) is 20.0 Å². The summed E-state index contributed by atoms with van der Waals surface area (Å²) in [5.74, 6) is -0.310. The third kappa shape index (κ3) is 6.55. The zero-order valence-corrected chi connectivity index (χ0v) is 24.2. The third-order valence-corrected chi connectivity index (χ3v) is 8.84. The van der Waals surface area contributed by atoms with Crippen molar-refractivity contribution in [3.8, 4) is 5.75 Å². The molecule has 1 fully saturated rings. The first-order chi connectivity index (χ1) is 18.3. The number of esters is 1. The number of anilines is 1. The zero-order chi connectivity index (χ0) is 28.5. The number of nitrogen functional groups attached to an aromatic ring is 1. The molecule has 2 aromatic heterocycles. The molecule has 0 saturated carbocycles. The lowest BCUT2D eigenvalue weighted by Gasteiger charge is -2.28. The van der Waals surface area contributed by atoms with Gasteiger partial charge in [-0.1, -0.05) is 41.4 Å². The van der Waals surface area contributed by atoms with E-state index in [4.69, 9.17) is 59.3 Å². The van der Waals surface area contributed by atoms with Crippen LogP contribution in [0.25, 0.3) is 11.2 Å². The highest BCUT2D eigenvalue weighted by Crippen LogP contribution is 2.50. The van der Waals surface area contributed by atoms with E-state index in [1.807, 2.05) is 0 Å². The highest BCUT2D eigenvalue weighted by molar-refractivity contribution is 8.09. The van der Waals surface area contributed by atoms with Crippen molar-refractivity contribution in [1.29, 1.82) is 0 Å². The van der Waals surface area contributed by atoms with Crippen LogP contribution in [-0.2, 0) is 30.6 Å². The lowest BCUT2D eigenvalue weighted by molar-refractivity contribution is -0.149. The van der Waals surface area contributed by atoms with Gasteiger partial charge >= 0.3 is 12.6 Å². The van der Waals surface area contributed by atoms with E-state index in [9.17, 15) is 14.7 Å². The van der Waals surface area contributed by atoms with Crippen LogP contribution in [-0.4, -0.2) is 65.9 Å². The Morgan fingerprint density at radius 3 is 2.72 bits per heavy atom. The maximum absolute atomic E-state index is 12.4. The maximum Gasteiger partial charge on any atom is 0.323 e. The predicted molar refractivity (Wildman–Crippen MR) is 148 cm³/mol. The molecule has 1 saturated heterocycles. The van der Waals surface area contributed by atoms with E-state index in [-0.39, 0.29) is 29.8 Å². The molecule has 1 aliphatic heterocycles. The molecule has 0 spiro atoms. The summed E-state index contributed by atoms with van der Waals surface area (Å²) in [4.78, 5) is 35.1. The number of H-pyrrole nitrogens is 1. The molecule has 5 N–H and O–H groups in total. The number of rotatable bonds is 10. The minimum Gasteiger partial charge on any atom is -0.462 e. The Kier molecular flexibility index (Phi) is 8.89. The lowest BCUT2D eigenvalue weighted by atomic mass is 10.2. The molecule has 0 bridgehead atoms. The maximum atomic E-state index is 12.4. The molecule has 39 heavy (non-hydrogen) atoms. The number of ether oxygens (including phenoxy) is 2. The molecular formula is C22H27Cl2N6O7PS. The number of halogens is 2. The smallest absolute Gasteiger partial charge is 0.323 e. The van der Waals surface area contributed by atoms with Gasteiger partial charge in [0.25, 0.3) is 5.56 Å². The number of hydrogen-bond acceptors (Lipinski definition) is 11. The van der Waals surface area contributed by atoms with Crippen molar-refractivity contribution in [3.05, 3.63) is 47.0 Å². The van der Waals surface area contributed by atoms with E-state index in [0.29, 0.717) is 5.75 Å². The number of nitrogens with one attached hydrogen (secondary N) is 2. The lowest BCUT2D eigenvalue weighted by Crippen LogP contribution is -2.39. The summed E-state index contributed by atoms with van der Waals surface area (Å²) in [6.45, 7) is 1.24. The number of carbonyl (C=O) groups excluding carboxylic acids is 1. The monoisotopic (exact) mass is 620 g/mol. The third-order valence-electron chi connectivity index (χ3n) is 5.52. The van der Waals surface area contributed by atoms with Gasteiger partial charge in [0.1, 0.15) is 24.0 Å². The molecule has 17 heteroatoms. The van der Waals surface area contributed by atoms with Crippen molar-refractivity contribution in [1.82, 2.24) is 24.6 Å². The summed E-state index contributed by atoms with van der Waals surface area (Å²) in [7, 11) is 0. The summed E-state index contributed by atoms with van der Waals surface area (Å²) in [6.07, 6.45) is -2.91. The summed E-state index contributed by atoms with van der Waals surface area (Å²) >= 11 is 18.7. The highest BCUT2D eigenvalue weighted by atomic mass is 35.5. The molecule has 5 unspecified atom stereocenters. The molecular weight excluding hydrogens is 594 g/mol. The van der Waals surface area contributed by atoms with E-state index >= 15 is 0 Å². The molecule has 3 aromatic rings. The molecule has 3 heterocycles. The van der Waals surface area contributed by atoms with Crippen LogP contribution in [0, 0.1) is 0 Å². The van der Waals surface area contributed by atoms with Gasteiger partial charge in [0.2, 0.25) is 5.95 Å². The zero-order valence-electron chi connectivity index (χ0n) is 21.0. The van der Waals surface area contributed by atoms with E-state index in [1.54, 1.807) is 51.1 Å². The average Bonchev–Trinajstić information content (AvgIpc) is 3.36. The summed E-state index contributed by atoms with van der Waals surface area (Å²) in [5, 5.41) is 13.9. The van der Waals surface area contributed by atoms with Crippen LogP contribution in [0.5, 0.6) is 5.75 Å². The number of nitrogens with zero attached hydrogens (tertiary/aromatic N) is 3. The number of imidazole rings is 1. The summed E-state index contributed by atoms with van der Waals surface area (Å²) < 4.78 is 22.5. The first kappa shape index (κ1) is 29.7. The second kappa shape index (κ2) is 11.7. The van der Waals surface area contributed by atoms with Gasteiger partial charge in [0.15, 0.2) is 21.7 Å². The second-order valence-electron chi connectivity index (χ2n) is 8.96. The fourth-order valence-corrected chi connectivity index (χ4v) is 6.74. The SMILES string of the molecule is CC(C)OC(=O)C(C)NP(=S)(OCC1OC(n2cnc3c(=O)[nH]c(N)nc32)C(Cl)(Cl)C1O)Oc1ccccc1. The Morgan fingerprint density at radius 2 is 2.05 bits per heavy atom. The minimum absolute atomic E-state index is 0.0237. The number of para-hydroxylation sites is 1. The molecule has 1 aromatic carbocycles. The van der Waals surface area contributed by atoms with Crippen LogP contribution < -0.4 is 20.9 Å². The number of alkyl halides is 2. The number of aliphatic hydroxyl groups is 1. The first-order valence-electron chi connectivity index (χ1n) is 11.7. The number of aromatic nitrogens is 4. The molecule has 212 valence electrons. The van der Waals surface area contributed by atoms with Gasteiger partial charge < -0.3 is 29.4 Å². The fraction of sp³-hybridized carbons (Fsp3) is 0.455. The van der Waals surface area contributed by atoms with E-state index in [0.717, 1.165) is 0 Å².